The first-order chi connectivity index (χ1) is 10.7. The van der Waals surface area contributed by atoms with Crippen molar-refractivity contribution >= 4 is 35.8 Å². The van der Waals surface area contributed by atoms with E-state index in [0.29, 0.717) is 13.0 Å². The molecule has 0 radical (unpaired) electrons. The minimum atomic E-state index is 0. The fourth-order valence-electron chi connectivity index (χ4n) is 2.44. The number of nitrogens with one attached hydrogen (secondary N) is 3. The second kappa shape index (κ2) is 10.4. The molecule has 1 saturated heterocycles. The minimum Gasteiger partial charge on any atom is -0.357 e. The number of guanidine groups is 1. The molecule has 1 atom stereocenters. The van der Waals surface area contributed by atoms with E-state index in [1.54, 1.807) is 0 Å². The third-order valence-electron chi connectivity index (χ3n) is 3.74. The van der Waals surface area contributed by atoms with E-state index in [-0.39, 0.29) is 35.9 Å². The zero-order valence-electron chi connectivity index (χ0n) is 13.8. The maximum Gasteiger partial charge on any atom is 0.220 e. The summed E-state index contributed by atoms with van der Waals surface area (Å²) in [6.45, 7) is 6.32. The lowest BCUT2D eigenvalue weighted by molar-refractivity contribution is -0.122. The Labute approximate surface area is 155 Å². The van der Waals surface area contributed by atoms with Gasteiger partial charge in [-0.2, -0.15) is 0 Å². The van der Waals surface area contributed by atoms with Gasteiger partial charge in [0.05, 0.1) is 0 Å². The SMILES string of the molecule is CCNC(=NCCc1ccncc1C)NC1CCC(=O)NC1.I. The first-order valence-corrected chi connectivity index (χ1v) is 7.90. The molecule has 1 aromatic rings. The molecule has 0 spiro atoms. The Balaban J connectivity index is 0.00000264. The van der Waals surface area contributed by atoms with Crippen LogP contribution in [0.4, 0.5) is 0 Å². The standard InChI is InChI=1S/C16H25N5O.HI/c1-3-18-16(21-14-4-5-15(22)20-11-14)19-9-7-13-6-8-17-10-12(13)2;/h6,8,10,14H,3-5,7,9,11H2,1-2H3,(H,20,22)(H2,18,19,21);1H. The molecule has 0 aromatic carbocycles. The summed E-state index contributed by atoms with van der Waals surface area (Å²) in [5, 5.41) is 9.52. The van der Waals surface area contributed by atoms with Gasteiger partial charge in [-0.25, -0.2) is 0 Å². The number of nitrogens with zero attached hydrogens (tertiary/aromatic N) is 2. The zero-order valence-corrected chi connectivity index (χ0v) is 16.1. The fourth-order valence-corrected chi connectivity index (χ4v) is 2.44. The molecular weight excluding hydrogens is 405 g/mol. The van der Waals surface area contributed by atoms with E-state index in [2.05, 4.69) is 32.9 Å². The van der Waals surface area contributed by atoms with Crippen LogP contribution >= 0.6 is 24.0 Å². The molecule has 1 aromatic heterocycles. The number of pyridine rings is 1. The van der Waals surface area contributed by atoms with E-state index >= 15 is 0 Å². The molecule has 7 heteroatoms. The summed E-state index contributed by atoms with van der Waals surface area (Å²) in [6, 6.07) is 2.29. The number of aryl methyl sites for hydroxylation is 1. The lowest BCUT2D eigenvalue weighted by atomic mass is 10.1. The molecule has 2 heterocycles. The number of hydrogen-bond donors (Lipinski definition) is 3. The van der Waals surface area contributed by atoms with Gasteiger partial charge < -0.3 is 16.0 Å². The predicted molar refractivity (Wildman–Crippen MR) is 103 cm³/mol. The van der Waals surface area contributed by atoms with Crippen molar-refractivity contribution in [2.45, 2.75) is 39.2 Å². The van der Waals surface area contributed by atoms with Crippen LogP contribution in [0.5, 0.6) is 0 Å². The number of carbonyl (C=O) groups excluding carboxylic acids is 1. The lowest BCUT2D eigenvalue weighted by Gasteiger charge is -2.25. The highest BCUT2D eigenvalue weighted by atomic mass is 127. The second-order valence-corrected chi connectivity index (χ2v) is 5.50. The molecule has 0 bridgehead atoms. The number of hydrogen-bond acceptors (Lipinski definition) is 3. The van der Waals surface area contributed by atoms with E-state index in [4.69, 9.17) is 0 Å². The highest BCUT2D eigenvalue weighted by molar-refractivity contribution is 14.0. The van der Waals surface area contributed by atoms with Crippen molar-refractivity contribution in [1.29, 1.82) is 0 Å². The molecule has 1 amide bonds. The van der Waals surface area contributed by atoms with Crippen LogP contribution in [0.3, 0.4) is 0 Å². The average molecular weight is 431 g/mol. The highest BCUT2D eigenvalue weighted by Crippen LogP contribution is 2.06. The third kappa shape index (κ3) is 6.72. The van der Waals surface area contributed by atoms with Crippen LogP contribution in [-0.2, 0) is 11.2 Å². The summed E-state index contributed by atoms with van der Waals surface area (Å²) in [6.07, 6.45) is 6.02. The van der Waals surface area contributed by atoms with E-state index in [0.717, 1.165) is 31.9 Å². The Bertz CT molecular complexity index is 525. The number of halogens is 1. The highest BCUT2D eigenvalue weighted by Gasteiger charge is 2.18. The second-order valence-electron chi connectivity index (χ2n) is 5.50. The maximum absolute atomic E-state index is 11.2. The number of piperidine rings is 1. The van der Waals surface area contributed by atoms with Gasteiger partial charge in [-0.1, -0.05) is 0 Å². The Morgan fingerprint density at radius 1 is 1.52 bits per heavy atom. The summed E-state index contributed by atoms with van der Waals surface area (Å²) in [5.41, 5.74) is 2.48. The average Bonchev–Trinajstić information content (AvgIpc) is 2.51. The molecule has 0 aliphatic carbocycles. The van der Waals surface area contributed by atoms with Crippen molar-refractivity contribution in [1.82, 2.24) is 20.9 Å². The monoisotopic (exact) mass is 431 g/mol. The van der Waals surface area contributed by atoms with Crippen LogP contribution in [0.2, 0.25) is 0 Å². The summed E-state index contributed by atoms with van der Waals surface area (Å²) < 4.78 is 0. The smallest absolute Gasteiger partial charge is 0.220 e. The van der Waals surface area contributed by atoms with Gasteiger partial charge in [0.1, 0.15) is 0 Å². The molecule has 1 unspecified atom stereocenters. The molecule has 128 valence electrons. The van der Waals surface area contributed by atoms with Gasteiger partial charge >= 0.3 is 0 Å². The number of carbonyl (C=O) groups is 1. The molecule has 1 aliphatic rings. The van der Waals surface area contributed by atoms with Gasteiger partial charge in [-0.05, 0) is 43.9 Å². The summed E-state index contributed by atoms with van der Waals surface area (Å²) in [7, 11) is 0. The number of aliphatic imine (C=N–C) groups is 1. The Morgan fingerprint density at radius 3 is 3.00 bits per heavy atom. The molecular formula is C16H26IN5O. The van der Waals surface area contributed by atoms with E-state index < -0.39 is 0 Å². The normalized spacial score (nSPS) is 17.9. The molecule has 1 aliphatic heterocycles. The van der Waals surface area contributed by atoms with Crippen LogP contribution in [-0.4, -0.2) is 42.5 Å². The van der Waals surface area contributed by atoms with Gasteiger partial charge in [0.15, 0.2) is 5.96 Å². The van der Waals surface area contributed by atoms with Crippen LogP contribution in [0.25, 0.3) is 0 Å². The molecule has 23 heavy (non-hydrogen) atoms. The quantitative estimate of drug-likeness (QED) is 0.374. The Hall–Kier alpha value is -1.38. The number of amides is 1. The largest absolute Gasteiger partial charge is 0.357 e. The molecule has 6 nitrogen and oxygen atoms in total. The molecule has 2 rings (SSSR count). The maximum atomic E-state index is 11.2. The topological polar surface area (TPSA) is 78.4 Å². The van der Waals surface area contributed by atoms with Crippen molar-refractivity contribution in [3.8, 4) is 0 Å². The van der Waals surface area contributed by atoms with Gasteiger partial charge in [0.25, 0.3) is 0 Å². The van der Waals surface area contributed by atoms with Crippen LogP contribution in [0, 0.1) is 6.92 Å². The van der Waals surface area contributed by atoms with Crippen molar-refractivity contribution < 1.29 is 4.79 Å². The van der Waals surface area contributed by atoms with Crippen molar-refractivity contribution in [2.24, 2.45) is 4.99 Å². The van der Waals surface area contributed by atoms with Crippen LogP contribution < -0.4 is 16.0 Å². The molecule has 0 saturated carbocycles. The van der Waals surface area contributed by atoms with Crippen molar-refractivity contribution in [3.05, 3.63) is 29.6 Å². The third-order valence-corrected chi connectivity index (χ3v) is 3.74. The van der Waals surface area contributed by atoms with Crippen molar-refractivity contribution in [3.63, 3.8) is 0 Å². The molecule has 1 fully saturated rings. The molecule has 3 N–H and O–H groups in total. The van der Waals surface area contributed by atoms with Gasteiger partial charge in [-0.3, -0.25) is 14.8 Å². The first-order valence-electron chi connectivity index (χ1n) is 7.90. The van der Waals surface area contributed by atoms with Crippen LogP contribution in [0.15, 0.2) is 23.5 Å². The van der Waals surface area contributed by atoms with Crippen LogP contribution in [0.1, 0.15) is 30.9 Å². The minimum absolute atomic E-state index is 0. The fraction of sp³-hybridized carbons (Fsp3) is 0.562. The summed E-state index contributed by atoms with van der Waals surface area (Å²) in [5.74, 6) is 0.948. The summed E-state index contributed by atoms with van der Waals surface area (Å²) >= 11 is 0. The number of aromatic nitrogens is 1. The number of rotatable bonds is 5. The zero-order chi connectivity index (χ0) is 15.8. The first kappa shape index (κ1) is 19.7. The van der Waals surface area contributed by atoms with Gasteiger partial charge in [0.2, 0.25) is 5.91 Å². The predicted octanol–water partition coefficient (Wildman–Crippen LogP) is 1.38. The van der Waals surface area contributed by atoms with Gasteiger partial charge in [0, 0.05) is 44.5 Å². The summed E-state index contributed by atoms with van der Waals surface area (Å²) in [4.78, 5) is 19.9. The Kier molecular flexibility index (Phi) is 8.90. The Morgan fingerprint density at radius 2 is 2.35 bits per heavy atom. The van der Waals surface area contributed by atoms with E-state index in [1.165, 1.54) is 11.1 Å². The van der Waals surface area contributed by atoms with E-state index in [9.17, 15) is 4.79 Å². The van der Waals surface area contributed by atoms with Crippen molar-refractivity contribution in [2.75, 3.05) is 19.6 Å². The van der Waals surface area contributed by atoms with E-state index in [1.807, 2.05) is 25.4 Å². The van der Waals surface area contributed by atoms with Gasteiger partial charge in [-0.15, -0.1) is 24.0 Å². The lowest BCUT2D eigenvalue weighted by Crippen LogP contribution is -2.51.